The molecular weight excluding hydrogens is 318 g/mol. The highest BCUT2D eigenvalue weighted by Crippen LogP contribution is 2.42. The third-order valence-corrected chi connectivity index (χ3v) is 4.94. The lowest BCUT2D eigenvalue weighted by Crippen LogP contribution is -2.16. The van der Waals surface area contributed by atoms with E-state index in [4.69, 9.17) is 24.7 Å². The average molecular weight is 343 g/mol. The maximum atomic E-state index is 6.18. The largest absolute Gasteiger partial charge is 0.493 e. The first kappa shape index (κ1) is 17.4. The fourth-order valence-corrected chi connectivity index (χ4v) is 3.65. The second-order valence-corrected chi connectivity index (χ2v) is 6.10. The Morgan fingerprint density at radius 3 is 1.40 bits per heavy atom. The van der Waals surface area contributed by atoms with Gasteiger partial charge in [-0.15, -0.1) is 0 Å². The van der Waals surface area contributed by atoms with Crippen molar-refractivity contribution in [1.82, 2.24) is 0 Å². The number of rotatable bonds is 5. The number of benzene rings is 2. The number of hydrogen-bond donors (Lipinski definition) is 1. The van der Waals surface area contributed by atoms with E-state index in [1.165, 1.54) is 22.3 Å². The number of ether oxygens (including phenoxy) is 4. The highest BCUT2D eigenvalue weighted by atomic mass is 16.5. The number of nitrogens with two attached hydrogens (primary N) is 1. The SMILES string of the molecule is COc1cc2c(cc1OC)C(CN)c1cc(OC)c(OC)cc1CC2. The third-order valence-electron chi connectivity index (χ3n) is 4.94. The van der Waals surface area contributed by atoms with E-state index in [0.717, 1.165) is 35.8 Å². The zero-order valence-electron chi connectivity index (χ0n) is 15.2. The number of aryl methyl sites for hydroxylation is 2. The van der Waals surface area contributed by atoms with Crippen LogP contribution in [0.15, 0.2) is 24.3 Å². The van der Waals surface area contributed by atoms with Crippen LogP contribution in [-0.4, -0.2) is 35.0 Å². The molecule has 0 radical (unpaired) electrons. The van der Waals surface area contributed by atoms with Crippen LogP contribution in [0.4, 0.5) is 0 Å². The van der Waals surface area contributed by atoms with Crippen LogP contribution in [0.25, 0.3) is 0 Å². The summed E-state index contributed by atoms with van der Waals surface area (Å²) >= 11 is 0. The topological polar surface area (TPSA) is 62.9 Å². The van der Waals surface area contributed by atoms with E-state index in [-0.39, 0.29) is 5.92 Å². The first-order chi connectivity index (χ1) is 12.2. The minimum absolute atomic E-state index is 0.0760. The molecular formula is C20H25NO4. The molecule has 2 aromatic carbocycles. The first-order valence-corrected chi connectivity index (χ1v) is 8.36. The maximum absolute atomic E-state index is 6.18. The summed E-state index contributed by atoms with van der Waals surface area (Å²) < 4.78 is 21.9. The summed E-state index contributed by atoms with van der Waals surface area (Å²) in [5.74, 6) is 3.02. The molecule has 3 rings (SSSR count). The average Bonchev–Trinajstić information content (AvgIpc) is 2.80. The summed E-state index contributed by atoms with van der Waals surface area (Å²) in [6, 6.07) is 8.24. The van der Waals surface area contributed by atoms with Crippen LogP contribution < -0.4 is 24.7 Å². The van der Waals surface area contributed by atoms with Crippen LogP contribution in [0.1, 0.15) is 28.2 Å². The van der Waals surface area contributed by atoms with Gasteiger partial charge in [-0.3, -0.25) is 0 Å². The van der Waals surface area contributed by atoms with E-state index in [2.05, 4.69) is 24.3 Å². The Bertz CT molecular complexity index is 709. The van der Waals surface area contributed by atoms with Crippen LogP contribution in [0.2, 0.25) is 0 Å². The normalized spacial score (nSPS) is 13.5. The molecule has 5 heteroatoms. The summed E-state index contributed by atoms with van der Waals surface area (Å²) in [5.41, 5.74) is 11.0. The van der Waals surface area contributed by atoms with Crippen molar-refractivity contribution in [1.29, 1.82) is 0 Å². The summed E-state index contributed by atoms with van der Waals surface area (Å²) in [6.07, 6.45) is 1.82. The van der Waals surface area contributed by atoms with Crippen LogP contribution in [0.5, 0.6) is 23.0 Å². The lowest BCUT2D eigenvalue weighted by atomic mass is 9.87. The van der Waals surface area contributed by atoms with E-state index < -0.39 is 0 Å². The van der Waals surface area contributed by atoms with Crippen molar-refractivity contribution >= 4 is 0 Å². The molecule has 2 N–H and O–H groups in total. The van der Waals surface area contributed by atoms with Gasteiger partial charge in [-0.2, -0.15) is 0 Å². The molecule has 25 heavy (non-hydrogen) atoms. The lowest BCUT2D eigenvalue weighted by Gasteiger charge is -2.21. The Kier molecular flexibility index (Phi) is 5.04. The molecule has 0 amide bonds. The van der Waals surface area contributed by atoms with Crippen molar-refractivity contribution in [3.05, 3.63) is 46.5 Å². The Morgan fingerprint density at radius 1 is 0.720 bits per heavy atom. The minimum atomic E-state index is 0.0760. The molecule has 5 nitrogen and oxygen atoms in total. The van der Waals surface area contributed by atoms with Gasteiger partial charge in [0.15, 0.2) is 23.0 Å². The van der Waals surface area contributed by atoms with Gasteiger partial charge < -0.3 is 24.7 Å². The lowest BCUT2D eigenvalue weighted by molar-refractivity contribution is 0.353. The molecule has 0 bridgehead atoms. The number of hydrogen-bond acceptors (Lipinski definition) is 5. The molecule has 0 fully saturated rings. The van der Waals surface area contributed by atoms with E-state index in [1.54, 1.807) is 28.4 Å². The Morgan fingerprint density at radius 2 is 1.08 bits per heavy atom. The Balaban J connectivity index is 2.19. The van der Waals surface area contributed by atoms with E-state index in [9.17, 15) is 0 Å². The molecule has 0 unspecified atom stereocenters. The standard InChI is InChI=1S/C20H25NO4/c1-22-17-7-12-5-6-13-8-18(23-2)20(25-4)10-15(13)16(11-21)14(12)9-19(17)24-3/h7-10,16H,5-6,11,21H2,1-4H3. The zero-order chi connectivity index (χ0) is 18.0. The van der Waals surface area contributed by atoms with Crippen molar-refractivity contribution in [3.8, 4) is 23.0 Å². The van der Waals surface area contributed by atoms with Crippen molar-refractivity contribution in [3.63, 3.8) is 0 Å². The first-order valence-electron chi connectivity index (χ1n) is 8.36. The van der Waals surface area contributed by atoms with Crippen LogP contribution in [-0.2, 0) is 12.8 Å². The number of fused-ring (bicyclic) bond motifs is 2. The second-order valence-electron chi connectivity index (χ2n) is 6.10. The Labute approximate surface area is 148 Å². The maximum Gasteiger partial charge on any atom is 0.161 e. The molecule has 0 saturated carbocycles. The van der Waals surface area contributed by atoms with Gasteiger partial charge in [0.25, 0.3) is 0 Å². The fraction of sp³-hybridized carbons (Fsp3) is 0.400. The van der Waals surface area contributed by atoms with Crippen LogP contribution in [0, 0.1) is 0 Å². The molecule has 0 saturated heterocycles. The smallest absolute Gasteiger partial charge is 0.161 e. The van der Waals surface area contributed by atoms with Crippen molar-refractivity contribution in [2.45, 2.75) is 18.8 Å². The highest BCUT2D eigenvalue weighted by Gasteiger charge is 2.26. The molecule has 0 spiro atoms. The van der Waals surface area contributed by atoms with Crippen molar-refractivity contribution in [2.24, 2.45) is 5.73 Å². The Hall–Kier alpha value is -2.40. The van der Waals surface area contributed by atoms with Gasteiger partial charge >= 0.3 is 0 Å². The van der Waals surface area contributed by atoms with Crippen molar-refractivity contribution < 1.29 is 18.9 Å². The summed E-state index contributed by atoms with van der Waals surface area (Å²) in [4.78, 5) is 0. The van der Waals surface area contributed by atoms with Gasteiger partial charge in [0.05, 0.1) is 28.4 Å². The third kappa shape index (κ3) is 3.00. The molecule has 2 aromatic rings. The van der Waals surface area contributed by atoms with Gasteiger partial charge in [-0.25, -0.2) is 0 Å². The van der Waals surface area contributed by atoms with Crippen LogP contribution >= 0.6 is 0 Å². The molecule has 1 aliphatic carbocycles. The summed E-state index contributed by atoms with van der Waals surface area (Å²) in [6.45, 7) is 0.505. The molecule has 0 heterocycles. The highest BCUT2D eigenvalue weighted by molar-refractivity contribution is 5.57. The molecule has 0 atom stereocenters. The van der Waals surface area contributed by atoms with Gasteiger partial charge in [0.1, 0.15) is 0 Å². The number of methoxy groups -OCH3 is 4. The van der Waals surface area contributed by atoms with Gasteiger partial charge in [0.2, 0.25) is 0 Å². The molecule has 134 valence electrons. The molecule has 1 aliphatic rings. The molecule has 0 aliphatic heterocycles. The van der Waals surface area contributed by atoms with E-state index in [0.29, 0.717) is 6.54 Å². The minimum Gasteiger partial charge on any atom is -0.493 e. The predicted molar refractivity (Wildman–Crippen MR) is 97.4 cm³/mol. The molecule has 0 aromatic heterocycles. The van der Waals surface area contributed by atoms with Gasteiger partial charge in [-0.1, -0.05) is 0 Å². The van der Waals surface area contributed by atoms with Gasteiger partial charge in [-0.05, 0) is 59.4 Å². The summed E-state index contributed by atoms with van der Waals surface area (Å²) in [5, 5.41) is 0. The quantitative estimate of drug-likeness (QED) is 0.904. The van der Waals surface area contributed by atoms with Crippen molar-refractivity contribution in [2.75, 3.05) is 35.0 Å². The predicted octanol–water partition coefficient (Wildman–Crippen LogP) is 2.91. The zero-order valence-corrected chi connectivity index (χ0v) is 15.2. The van der Waals surface area contributed by atoms with Crippen LogP contribution in [0.3, 0.4) is 0 Å². The summed E-state index contributed by atoms with van der Waals surface area (Å²) in [7, 11) is 6.62. The van der Waals surface area contributed by atoms with E-state index >= 15 is 0 Å². The fourth-order valence-electron chi connectivity index (χ4n) is 3.65. The second kappa shape index (κ2) is 7.23. The monoisotopic (exact) mass is 343 g/mol. The van der Waals surface area contributed by atoms with E-state index in [1.807, 2.05) is 0 Å². The van der Waals surface area contributed by atoms with Gasteiger partial charge in [0, 0.05) is 12.5 Å².